The summed E-state index contributed by atoms with van der Waals surface area (Å²) in [5.41, 5.74) is 1.03. The number of aryl methyl sites for hydroxylation is 2. The first kappa shape index (κ1) is 19.8. The van der Waals surface area contributed by atoms with Crippen LogP contribution in [0.2, 0.25) is 0 Å². The van der Waals surface area contributed by atoms with E-state index in [1.54, 1.807) is 48.5 Å². The Hall–Kier alpha value is -3.50. The van der Waals surface area contributed by atoms with Gasteiger partial charge in [0, 0.05) is 0 Å². The Morgan fingerprint density at radius 2 is 0.767 bits per heavy atom. The lowest BCUT2D eigenvalue weighted by atomic mass is 10.2. The molecule has 0 bridgehead atoms. The van der Waals surface area contributed by atoms with Crippen LogP contribution in [0.4, 0.5) is 0 Å². The van der Waals surface area contributed by atoms with Gasteiger partial charge in [-0.2, -0.15) is 0 Å². The van der Waals surface area contributed by atoms with Crippen LogP contribution >= 0.6 is 9.24 Å². The number of rotatable bonds is 3. The summed E-state index contributed by atoms with van der Waals surface area (Å²) in [4.78, 5) is 40.0. The SMILES string of the molecule is Cc1ccc(-n2c(=O)n(-c3ccc(C)cc3)c(=O)n(-c3ccc(P)cc3)c2=O)cc1. The zero-order valence-corrected chi connectivity index (χ0v) is 17.7. The molecule has 0 saturated carbocycles. The predicted molar refractivity (Wildman–Crippen MR) is 122 cm³/mol. The third-order valence-electron chi connectivity index (χ3n) is 4.88. The molecule has 1 unspecified atom stereocenters. The summed E-state index contributed by atoms with van der Waals surface area (Å²) in [6.45, 7) is 3.84. The minimum absolute atomic E-state index is 0.387. The first-order valence-electron chi connectivity index (χ1n) is 9.38. The second-order valence-electron chi connectivity index (χ2n) is 7.12. The van der Waals surface area contributed by atoms with Gasteiger partial charge in [-0.3, -0.25) is 0 Å². The van der Waals surface area contributed by atoms with Gasteiger partial charge in [0.15, 0.2) is 0 Å². The van der Waals surface area contributed by atoms with Crippen LogP contribution in [0.15, 0.2) is 87.2 Å². The molecule has 7 heteroatoms. The molecular weight excluding hydrogens is 397 g/mol. The molecule has 0 aliphatic rings. The molecule has 1 heterocycles. The van der Waals surface area contributed by atoms with Crippen LogP contribution in [0.1, 0.15) is 11.1 Å². The predicted octanol–water partition coefficient (Wildman–Crippen LogP) is 2.26. The van der Waals surface area contributed by atoms with Gasteiger partial charge in [-0.25, -0.2) is 28.1 Å². The van der Waals surface area contributed by atoms with Crippen LogP contribution in [0.25, 0.3) is 17.1 Å². The summed E-state index contributed by atoms with van der Waals surface area (Å²) in [5, 5.41) is 0.914. The fourth-order valence-electron chi connectivity index (χ4n) is 3.22. The van der Waals surface area contributed by atoms with Crippen molar-refractivity contribution < 1.29 is 0 Å². The highest BCUT2D eigenvalue weighted by atomic mass is 31.0. The first-order chi connectivity index (χ1) is 14.4. The zero-order valence-electron chi connectivity index (χ0n) is 16.6. The number of nitrogens with zero attached hydrogens (tertiary/aromatic N) is 3. The summed E-state index contributed by atoms with van der Waals surface area (Å²) in [6.07, 6.45) is 0. The smallest absolute Gasteiger partial charge is 0.246 e. The molecule has 4 rings (SSSR count). The summed E-state index contributed by atoms with van der Waals surface area (Å²) in [6, 6.07) is 20.9. The minimum atomic E-state index is -0.714. The van der Waals surface area contributed by atoms with E-state index in [1.807, 2.05) is 38.1 Å². The molecule has 30 heavy (non-hydrogen) atoms. The molecule has 1 aromatic heterocycles. The van der Waals surface area contributed by atoms with Crippen molar-refractivity contribution in [1.82, 2.24) is 13.7 Å². The third kappa shape index (κ3) is 3.46. The second-order valence-corrected chi connectivity index (χ2v) is 7.78. The number of aromatic nitrogens is 3. The van der Waals surface area contributed by atoms with Crippen molar-refractivity contribution in [1.29, 1.82) is 0 Å². The van der Waals surface area contributed by atoms with Crippen molar-refractivity contribution in [2.75, 3.05) is 0 Å². The van der Waals surface area contributed by atoms with Gasteiger partial charge in [0.05, 0.1) is 17.1 Å². The average molecular weight is 417 g/mol. The number of hydrogen-bond donors (Lipinski definition) is 0. The van der Waals surface area contributed by atoms with E-state index in [1.165, 1.54) is 0 Å². The Balaban J connectivity index is 2.13. The summed E-state index contributed by atoms with van der Waals surface area (Å²) in [7, 11) is 2.56. The Morgan fingerprint density at radius 1 is 0.500 bits per heavy atom. The molecule has 3 aromatic carbocycles. The Labute approximate surface area is 174 Å². The van der Waals surface area contributed by atoms with Gasteiger partial charge >= 0.3 is 17.1 Å². The highest BCUT2D eigenvalue weighted by molar-refractivity contribution is 7.27. The maximum absolute atomic E-state index is 13.3. The standard InChI is InChI=1S/C23H20N3O3P/c1-15-3-7-17(8-4-15)24-21(27)25(18-9-5-16(2)6-10-18)23(29)26(22(24)28)19-11-13-20(30)14-12-19/h3-14H,30H2,1-2H3. The fraction of sp³-hybridized carbons (Fsp3) is 0.0870. The maximum Gasteiger partial charge on any atom is 0.345 e. The fourth-order valence-corrected chi connectivity index (χ4v) is 3.41. The molecule has 4 aromatic rings. The minimum Gasteiger partial charge on any atom is -0.246 e. The van der Waals surface area contributed by atoms with Gasteiger partial charge in [-0.15, -0.1) is 9.24 Å². The molecule has 0 N–H and O–H groups in total. The molecular formula is C23H20N3O3P. The lowest BCUT2D eigenvalue weighted by Crippen LogP contribution is -2.52. The van der Waals surface area contributed by atoms with Crippen LogP contribution < -0.4 is 22.4 Å². The molecule has 0 fully saturated rings. The van der Waals surface area contributed by atoms with Crippen molar-refractivity contribution >= 4 is 14.5 Å². The van der Waals surface area contributed by atoms with Gasteiger partial charge < -0.3 is 0 Å². The van der Waals surface area contributed by atoms with Gasteiger partial charge in [0.1, 0.15) is 0 Å². The highest BCUT2D eigenvalue weighted by Crippen LogP contribution is 2.09. The van der Waals surface area contributed by atoms with Crippen molar-refractivity contribution in [2.45, 2.75) is 13.8 Å². The zero-order chi connectivity index (χ0) is 21.4. The normalized spacial score (nSPS) is 10.9. The Bertz CT molecular complexity index is 1190. The number of hydrogen-bond acceptors (Lipinski definition) is 3. The Kier molecular flexibility index (Phi) is 5.10. The summed E-state index contributed by atoms with van der Waals surface area (Å²) in [5.74, 6) is 0. The molecule has 0 saturated heterocycles. The van der Waals surface area contributed by atoms with E-state index in [0.717, 1.165) is 30.1 Å². The van der Waals surface area contributed by atoms with Gasteiger partial charge in [0.25, 0.3) is 0 Å². The molecule has 150 valence electrons. The molecule has 1 atom stereocenters. The lowest BCUT2D eigenvalue weighted by molar-refractivity contribution is 0.659. The topological polar surface area (TPSA) is 66.0 Å². The lowest BCUT2D eigenvalue weighted by Gasteiger charge is -2.14. The molecule has 0 spiro atoms. The van der Waals surface area contributed by atoms with Crippen LogP contribution in [-0.4, -0.2) is 13.7 Å². The largest absolute Gasteiger partial charge is 0.345 e. The second kappa shape index (κ2) is 7.73. The molecule has 0 amide bonds. The van der Waals surface area contributed by atoms with Crippen LogP contribution in [0.5, 0.6) is 0 Å². The monoisotopic (exact) mass is 417 g/mol. The quantitative estimate of drug-likeness (QED) is 0.481. The van der Waals surface area contributed by atoms with E-state index in [-0.39, 0.29) is 0 Å². The molecule has 0 aliphatic carbocycles. The van der Waals surface area contributed by atoms with E-state index in [2.05, 4.69) is 9.24 Å². The van der Waals surface area contributed by atoms with E-state index >= 15 is 0 Å². The van der Waals surface area contributed by atoms with E-state index in [9.17, 15) is 14.4 Å². The third-order valence-corrected chi connectivity index (χ3v) is 5.27. The van der Waals surface area contributed by atoms with E-state index in [0.29, 0.717) is 17.1 Å². The molecule has 0 aliphatic heterocycles. The molecule has 6 nitrogen and oxygen atoms in total. The summed E-state index contributed by atoms with van der Waals surface area (Å²) < 4.78 is 3.07. The van der Waals surface area contributed by atoms with Crippen molar-refractivity contribution in [2.24, 2.45) is 0 Å². The number of benzene rings is 3. The first-order valence-corrected chi connectivity index (χ1v) is 9.95. The summed E-state index contributed by atoms with van der Waals surface area (Å²) >= 11 is 0. The van der Waals surface area contributed by atoms with E-state index < -0.39 is 17.1 Å². The van der Waals surface area contributed by atoms with Crippen molar-refractivity contribution in [3.63, 3.8) is 0 Å². The van der Waals surface area contributed by atoms with E-state index in [4.69, 9.17) is 0 Å². The van der Waals surface area contributed by atoms with Crippen LogP contribution in [-0.2, 0) is 0 Å². The van der Waals surface area contributed by atoms with Gasteiger partial charge in [-0.1, -0.05) is 47.5 Å². The Morgan fingerprint density at radius 3 is 1.07 bits per heavy atom. The van der Waals surface area contributed by atoms with Crippen LogP contribution in [0, 0.1) is 13.8 Å². The van der Waals surface area contributed by atoms with Crippen molar-refractivity contribution in [3.8, 4) is 17.1 Å². The van der Waals surface area contributed by atoms with Gasteiger partial charge in [0.2, 0.25) is 0 Å². The maximum atomic E-state index is 13.3. The van der Waals surface area contributed by atoms with Crippen LogP contribution in [0.3, 0.4) is 0 Å². The molecule has 0 radical (unpaired) electrons. The van der Waals surface area contributed by atoms with Gasteiger partial charge in [-0.05, 0) is 55.6 Å². The highest BCUT2D eigenvalue weighted by Gasteiger charge is 2.19. The average Bonchev–Trinajstić information content (AvgIpc) is 2.72. The van der Waals surface area contributed by atoms with Crippen molar-refractivity contribution in [3.05, 3.63) is 115 Å².